The number of hydrogen-bond donors (Lipinski definition) is 2. The first-order valence-corrected chi connectivity index (χ1v) is 9.01. The summed E-state index contributed by atoms with van der Waals surface area (Å²) in [6, 6.07) is 9.20. The van der Waals surface area contributed by atoms with Crippen molar-refractivity contribution in [2.24, 2.45) is 0 Å². The van der Waals surface area contributed by atoms with Crippen LogP contribution in [0.1, 0.15) is 41.7 Å². The highest BCUT2D eigenvalue weighted by atomic mass is 79.9. The van der Waals surface area contributed by atoms with E-state index >= 15 is 0 Å². The van der Waals surface area contributed by atoms with Gasteiger partial charge in [-0.3, -0.25) is 9.78 Å². The first kappa shape index (κ1) is 15.1. The summed E-state index contributed by atoms with van der Waals surface area (Å²) in [6.07, 6.45) is 4.55. The van der Waals surface area contributed by atoms with Crippen molar-refractivity contribution >= 4 is 32.7 Å². The summed E-state index contributed by atoms with van der Waals surface area (Å²) in [5.74, 6) is 0.0223. The molecule has 2 aliphatic rings. The van der Waals surface area contributed by atoms with Crippen molar-refractivity contribution in [3.05, 3.63) is 40.0 Å². The topological polar surface area (TPSA) is 54.0 Å². The predicted molar refractivity (Wildman–Crippen MR) is 94.6 cm³/mol. The molecule has 4 rings (SSSR count). The molecule has 2 unspecified atom stereocenters. The fraction of sp³-hybridized carbons (Fsp3) is 0.444. The Bertz CT molecular complexity index is 759. The highest BCUT2D eigenvalue weighted by molar-refractivity contribution is 9.10. The fourth-order valence-electron chi connectivity index (χ4n) is 3.96. The number of amides is 1. The molecule has 1 aromatic heterocycles. The number of benzene rings is 1. The maximum absolute atomic E-state index is 12.8. The Morgan fingerprint density at radius 3 is 2.74 bits per heavy atom. The van der Waals surface area contributed by atoms with Crippen molar-refractivity contribution in [1.29, 1.82) is 0 Å². The number of fused-ring (bicyclic) bond motifs is 3. The van der Waals surface area contributed by atoms with E-state index in [1.54, 1.807) is 0 Å². The van der Waals surface area contributed by atoms with Gasteiger partial charge < -0.3 is 10.6 Å². The molecule has 120 valence electrons. The van der Waals surface area contributed by atoms with Crippen LogP contribution in [-0.2, 0) is 0 Å². The van der Waals surface area contributed by atoms with Gasteiger partial charge in [0.2, 0.25) is 0 Å². The van der Waals surface area contributed by atoms with Crippen LogP contribution in [0.15, 0.2) is 28.7 Å². The van der Waals surface area contributed by atoms with Gasteiger partial charge in [0.15, 0.2) is 0 Å². The number of aryl methyl sites for hydroxylation is 1. The Morgan fingerprint density at radius 1 is 1.26 bits per heavy atom. The Labute approximate surface area is 144 Å². The second kappa shape index (κ2) is 5.87. The van der Waals surface area contributed by atoms with Gasteiger partial charge in [-0.1, -0.05) is 22.0 Å². The van der Waals surface area contributed by atoms with Gasteiger partial charge in [-0.15, -0.1) is 0 Å². The fourth-order valence-corrected chi connectivity index (χ4v) is 4.31. The van der Waals surface area contributed by atoms with E-state index in [-0.39, 0.29) is 11.9 Å². The molecule has 0 aliphatic carbocycles. The summed E-state index contributed by atoms with van der Waals surface area (Å²) in [4.78, 5) is 17.4. The van der Waals surface area contributed by atoms with Gasteiger partial charge in [0.05, 0.1) is 11.1 Å². The molecule has 5 heteroatoms. The number of halogens is 1. The molecule has 0 saturated carbocycles. The SMILES string of the molecule is Cc1cc(C(=O)NC2CC3CCC(C2)N3)c2ccc(Br)cc2n1. The summed E-state index contributed by atoms with van der Waals surface area (Å²) >= 11 is 3.47. The van der Waals surface area contributed by atoms with Crippen LogP contribution in [0.2, 0.25) is 0 Å². The van der Waals surface area contributed by atoms with E-state index in [9.17, 15) is 4.79 Å². The normalized spacial score (nSPS) is 26.4. The molecule has 2 aliphatic heterocycles. The molecule has 1 amide bonds. The molecule has 2 aromatic rings. The lowest BCUT2D eigenvalue weighted by molar-refractivity contribution is 0.0925. The van der Waals surface area contributed by atoms with Crippen LogP contribution in [-0.4, -0.2) is 29.0 Å². The van der Waals surface area contributed by atoms with Crippen LogP contribution >= 0.6 is 15.9 Å². The number of carbonyl (C=O) groups excluding carboxylic acids is 1. The minimum absolute atomic E-state index is 0.0223. The third-order valence-corrected chi connectivity index (χ3v) is 5.45. The van der Waals surface area contributed by atoms with E-state index in [0.29, 0.717) is 12.1 Å². The van der Waals surface area contributed by atoms with Gasteiger partial charge >= 0.3 is 0 Å². The number of rotatable bonds is 2. The number of nitrogens with zero attached hydrogens (tertiary/aromatic N) is 1. The third kappa shape index (κ3) is 3.00. The first-order chi connectivity index (χ1) is 11.1. The van der Waals surface area contributed by atoms with E-state index in [1.807, 2.05) is 31.2 Å². The Kier molecular flexibility index (Phi) is 3.85. The minimum atomic E-state index is 0.0223. The molecule has 4 nitrogen and oxygen atoms in total. The van der Waals surface area contributed by atoms with Crippen LogP contribution in [0, 0.1) is 6.92 Å². The van der Waals surface area contributed by atoms with Crippen molar-refractivity contribution in [1.82, 2.24) is 15.6 Å². The largest absolute Gasteiger partial charge is 0.349 e. The highest BCUT2D eigenvalue weighted by Crippen LogP contribution is 2.28. The summed E-state index contributed by atoms with van der Waals surface area (Å²) in [5.41, 5.74) is 2.45. The number of pyridine rings is 1. The number of hydrogen-bond acceptors (Lipinski definition) is 3. The molecule has 2 N–H and O–H groups in total. The summed E-state index contributed by atoms with van der Waals surface area (Å²) in [7, 11) is 0. The predicted octanol–water partition coefficient (Wildman–Crippen LogP) is 3.32. The molecule has 23 heavy (non-hydrogen) atoms. The van der Waals surface area contributed by atoms with E-state index in [1.165, 1.54) is 12.8 Å². The van der Waals surface area contributed by atoms with Crippen molar-refractivity contribution in [2.75, 3.05) is 0 Å². The van der Waals surface area contributed by atoms with E-state index in [2.05, 4.69) is 31.5 Å². The van der Waals surface area contributed by atoms with Crippen LogP contribution < -0.4 is 10.6 Å². The molecular weight excluding hydrogens is 354 g/mol. The second-order valence-corrected chi connectivity index (χ2v) is 7.67. The standard InChI is InChI=1S/C18H20BrN3O/c1-10-6-16(15-5-2-11(19)7-17(15)20-10)18(23)22-14-8-12-3-4-13(9-14)21-12/h2,5-7,12-14,21H,3-4,8-9H2,1H3,(H,22,23). The van der Waals surface area contributed by atoms with Gasteiger partial charge in [-0.05, 0) is 50.8 Å². The van der Waals surface area contributed by atoms with Gasteiger partial charge in [-0.2, -0.15) is 0 Å². The minimum Gasteiger partial charge on any atom is -0.349 e. The summed E-state index contributed by atoms with van der Waals surface area (Å²) in [6.45, 7) is 1.93. The van der Waals surface area contributed by atoms with E-state index < -0.39 is 0 Å². The van der Waals surface area contributed by atoms with Crippen LogP contribution in [0.5, 0.6) is 0 Å². The zero-order chi connectivity index (χ0) is 16.0. The lowest BCUT2D eigenvalue weighted by Gasteiger charge is -2.29. The maximum atomic E-state index is 12.8. The molecule has 2 saturated heterocycles. The van der Waals surface area contributed by atoms with Gasteiger partial charge in [0.1, 0.15) is 0 Å². The molecule has 1 aromatic carbocycles. The number of nitrogens with one attached hydrogen (secondary N) is 2. The average Bonchev–Trinajstić information content (AvgIpc) is 2.84. The molecule has 2 atom stereocenters. The Hall–Kier alpha value is -1.46. The van der Waals surface area contributed by atoms with Crippen molar-refractivity contribution in [2.45, 2.75) is 50.7 Å². The number of carbonyl (C=O) groups is 1. The zero-order valence-electron chi connectivity index (χ0n) is 13.1. The summed E-state index contributed by atoms with van der Waals surface area (Å²) in [5, 5.41) is 7.77. The first-order valence-electron chi connectivity index (χ1n) is 8.22. The Morgan fingerprint density at radius 2 is 2.00 bits per heavy atom. The summed E-state index contributed by atoms with van der Waals surface area (Å²) < 4.78 is 0.976. The molecule has 2 bridgehead atoms. The molecular formula is C18H20BrN3O. The molecule has 0 spiro atoms. The number of piperidine rings is 1. The lowest BCUT2D eigenvalue weighted by Crippen LogP contribution is -2.48. The quantitative estimate of drug-likeness (QED) is 0.848. The maximum Gasteiger partial charge on any atom is 0.252 e. The Balaban J connectivity index is 1.62. The van der Waals surface area contributed by atoms with Crippen LogP contribution in [0.25, 0.3) is 10.9 Å². The van der Waals surface area contributed by atoms with Crippen LogP contribution in [0.4, 0.5) is 0 Å². The molecule has 3 heterocycles. The molecule has 0 radical (unpaired) electrons. The van der Waals surface area contributed by atoms with E-state index in [4.69, 9.17) is 0 Å². The average molecular weight is 374 g/mol. The van der Waals surface area contributed by atoms with Crippen molar-refractivity contribution < 1.29 is 4.79 Å². The third-order valence-electron chi connectivity index (χ3n) is 4.95. The van der Waals surface area contributed by atoms with Gasteiger partial charge in [0, 0.05) is 33.7 Å². The van der Waals surface area contributed by atoms with Gasteiger partial charge in [-0.25, -0.2) is 0 Å². The van der Waals surface area contributed by atoms with Crippen LogP contribution in [0.3, 0.4) is 0 Å². The second-order valence-electron chi connectivity index (χ2n) is 6.75. The van der Waals surface area contributed by atoms with E-state index in [0.717, 1.165) is 39.5 Å². The van der Waals surface area contributed by atoms with Crippen molar-refractivity contribution in [3.8, 4) is 0 Å². The van der Waals surface area contributed by atoms with Crippen molar-refractivity contribution in [3.63, 3.8) is 0 Å². The number of aromatic nitrogens is 1. The van der Waals surface area contributed by atoms with Gasteiger partial charge in [0.25, 0.3) is 5.91 Å². The highest BCUT2D eigenvalue weighted by Gasteiger charge is 2.34. The lowest BCUT2D eigenvalue weighted by atomic mass is 9.99. The molecule has 2 fully saturated rings. The monoisotopic (exact) mass is 373 g/mol. The zero-order valence-corrected chi connectivity index (χ0v) is 14.7. The smallest absolute Gasteiger partial charge is 0.252 e.